The molecule has 2 atom stereocenters. The molecule has 0 rings (SSSR count). The average molecular weight is 316 g/mol. The van der Waals surface area contributed by atoms with Crippen LogP contribution in [0.5, 0.6) is 0 Å². The van der Waals surface area contributed by atoms with Crippen LogP contribution in [0.15, 0.2) is 0 Å². The van der Waals surface area contributed by atoms with Crippen LogP contribution in [-0.4, -0.2) is 29.0 Å². The summed E-state index contributed by atoms with van der Waals surface area (Å²) >= 11 is 0. The van der Waals surface area contributed by atoms with Crippen molar-refractivity contribution >= 4 is 0 Å². The molecule has 0 radical (unpaired) electrons. The summed E-state index contributed by atoms with van der Waals surface area (Å²) in [6, 6.07) is -0.470. The zero-order valence-corrected chi connectivity index (χ0v) is 14.9. The van der Waals surface area contributed by atoms with E-state index in [2.05, 4.69) is 6.92 Å². The lowest BCUT2D eigenvalue weighted by Gasteiger charge is -2.15. The molecule has 3 nitrogen and oxygen atoms in total. The molecule has 0 aromatic rings. The number of hydrogen-bond donors (Lipinski definition) is 3. The van der Waals surface area contributed by atoms with E-state index in [4.69, 9.17) is 10.8 Å². The van der Waals surface area contributed by atoms with Crippen LogP contribution in [0.25, 0.3) is 0 Å². The second-order valence-electron chi connectivity index (χ2n) is 6.80. The number of rotatable bonds is 17. The maximum absolute atomic E-state index is 9.62. The molecule has 134 valence electrons. The van der Waals surface area contributed by atoms with E-state index in [1.165, 1.54) is 83.5 Å². The lowest BCUT2D eigenvalue weighted by molar-refractivity contribution is 0.0990. The van der Waals surface area contributed by atoms with Gasteiger partial charge in [0.2, 0.25) is 0 Å². The van der Waals surface area contributed by atoms with Gasteiger partial charge in [0.25, 0.3) is 0 Å². The SMILES string of the molecule is CCCCCCCCCCCCCCCCC(O)C(N)CO. The van der Waals surface area contributed by atoms with Crippen molar-refractivity contribution in [3.63, 3.8) is 0 Å². The quantitative estimate of drug-likeness (QED) is 0.345. The van der Waals surface area contributed by atoms with Gasteiger partial charge < -0.3 is 15.9 Å². The third-order valence-electron chi connectivity index (χ3n) is 4.56. The molecular weight excluding hydrogens is 274 g/mol. The minimum atomic E-state index is -0.540. The standard InChI is InChI=1S/C19H41NO2/c1-2-3-4-5-6-7-8-9-10-11-12-13-14-15-16-19(22)18(20)17-21/h18-19,21-22H,2-17,20H2,1H3. The topological polar surface area (TPSA) is 66.5 Å². The number of unbranched alkanes of at least 4 members (excludes halogenated alkanes) is 13. The predicted octanol–water partition coefficient (Wildman–Crippen LogP) is 4.54. The van der Waals surface area contributed by atoms with Crippen molar-refractivity contribution in [3.05, 3.63) is 0 Å². The summed E-state index contributed by atoms with van der Waals surface area (Å²) < 4.78 is 0. The second kappa shape index (κ2) is 17.2. The first kappa shape index (κ1) is 21.9. The minimum absolute atomic E-state index is 0.125. The third-order valence-corrected chi connectivity index (χ3v) is 4.56. The van der Waals surface area contributed by atoms with Gasteiger partial charge in [0.1, 0.15) is 0 Å². The van der Waals surface area contributed by atoms with Gasteiger partial charge in [-0.15, -0.1) is 0 Å². The van der Waals surface area contributed by atoms with Crippen molar-refractivity contribution < 1.29 is 10.2 Å². The monoisotopic (exact) mass is 315 g/mol. The molecule has 22 heavy (non-hydrogen) atoms. The fraction of sp³-hybridized carbons (Fsp3) is 1.00. The third kappa shape index (κ3) is 14.8. The van der Waals surface area contributed by atoms with Crippen molar-refractivity contribution in [2.24, 2.45) is 5.73 Å². The van der Waals surface area contributed by atoms with Gasteiger partial charge in [-0.1, -0.05) is 96.8 Å². The maximum Gasteiger partial charge on any atom is 0.0713 e. The van der Waals surface area contributed by atoms with Crippen molar-refractivity contribution in [2.75, 3.05) is 6.61 Å². The van der Waals surface area contributed by atoms with Crippen molar-refractivity contribution in [3.8, 4) is 0 Å². The Hall–Kier alpha value is -0.120. The van der Waals surface area contributed by atoms with E-state index < -0.39 is 12.1 Å². The molecule has 4 N–H and O–H groups in total. The first-order chi connectivity index (χ1) is 10.7. The van der Waals surface area contributed by atoms with E-state index in [0.29, 0.717) is 0 Å². The Morgan fingerprint density at radius 1 is 0.682 bits per heavy atom. The molecule has 0 amide bonds. The molecule has 3 heteroatoms. The highest BCUT2D eigenvalue weighted by Gasteiger charge is 2.12. The van der Waals surface area contributed by atoms with E-state index in [1.807, 2.05) is 0 Å². The summed E-state index contributed by atoms with van der Waals surface area (Å²) in [6.07, 6.45) is 19.0. The van der Waals surface area contributed by atoms with Crippen molar-refractivity contribution in [1.29, 1.82) is 0 Å². The molecule has 2 unspecified atom stereocenters. The number of aliphatic hydroxyl groups excluding tert-OH is 2. The summed E-state index contributed by atoms with van der Waals surface area (Å²) in [4.78, 5) is 0. The Morgan fingerprint density at radius 3 is 1.41 bits per heavy atom. The highest BCUT2D eigenvalue weighted by atomic mass is 16.3. The highest BCUT2D eigenvalue weighted by molar-refractivity contribution is 4.70. The minimum Gasteiger partial charge on any atom is -0.395 e. The Bertz CT molecular complexity index is 212. The van der Waals surface area contributed by atoms with E-state index in [9.17, 15) is 5.11 Å². The first-order valence-corrected chi connectivity index (χ1v) is 9.76. The molecule has 0 aromatic carbocycles. The summed E-state index contributed by atoms with van der Waals surface area (Å²) in [5.74, 6) is 0. The molecular formula is C19H41NO2. The largest absolute Gasteiger partial charge is 0.395 e. The van der Waals surface area contributed by atoms with E-state index in [0.717, 1.165) is 12.8 Å². The molecule has 0 saturated heterocycles. The molecule has 0 aliphatic carbocycles. The molecule has 0 aromatic heterocycles. The lowest BCUT2D eigenvalue weighted by Crippen LogP contribution is -2.37. The summed E-state index contributed by atoms with van der Waals surface area (Å²) in [5, 5.41) is 18.5. The number of nitrogens with two attached hydrogens (primary N) is 1. The zero-order valence-electron chi connectivity index (χ0n) is 14.9. The summed E-state index contributed by atoms with van der Waals surface area (Å²) in [6.45, 7) is 2.14. The Morgan fingerprint density at radius 2 is 1.05 bits per heavy atom. The van der Waals surface area contributed by atoms with Gasteiger partial charge >= 0.3 is 0 Å². The van der Waals surface area contributed by atoms with Crippen LogP contribution in [-0.2, 0) is 0 Å². The Labute approximate surface area is 138 Å². The van der Waals surface area contributed by atoms with Crippen LogP contribution < -0.4 is 5.73 Å². The van der Waals surface area contributed by atoms with Gasteiger partial charge in [-0.05, 0) is 6.42 Å². The molecule has 0 aliphatic heterocycles. The fourth-order valence-corrected chi connectivity index (χ4v) is 2.88. The fourth-order valence-electron chi connectivity index (χ4n) is 2.88. The molecule has 0 fully saturated rings. The maximum atomic E-state index is 9.62. The second-order valence-corrected chi connectivity index (χ2v) is 6.80. The van der Waals surface area contributed by atoms with Gasteiger partial charge in [0.05, 0.1) is 18.8 Å². The van der Waals surface area contributed by atoms with Crippen LogP contribution in [0, 0.1) is 0 Å². The smallest absolute Gasteiger partial charge is 0.0713 e. The summed E-state index contributed by atoms with van der Waals surface area (Å²) in [5.41, 5.74) is 5.57. The van der Waals surface area contributed by atoms with Gasteiger partial charge in [0.15, 0.2) is 0 Å². The van der Waals surface area contributed by atoms with E-state index in [-0.39, 0.29) is 6.61 Å². The van der Waals surface area contributed by atoms with Crippen molar-refractivity contribution in [1.82, 2.24) is 0 Å². The van der Waals surface area contributed by atoms with Gasteiger partial charge in [-0.25, -0.2) is 0 Å². The number of aliphatic hydroxyl groups is 2. The molecule has 0 spiro atoms. The molecule has 0 bridgehead atoms. The Kier molecular flexibility index (Phi) is 17.1. The predicted molar refractivity (Wildman–Crippen MR) is 96.0 cm³/mol. The normalized spacial score (nSPS) is 14.2. The molecule has 0 saturated carbocycles. The van der Waals surface area contributed by atoms with Crippen LogP contribution in [0.3, 0.4) is 0 Å². The zero-order chi connectivity index (χ0) is 16.5. The van der Waals surface area contributed by atoms with E-state index in [1.54, 1.807) is 0 Å². The molecule has 0 heterocycles. The first-order valence-electron chi connectivity index (χ1n) is 9.76. The number of hydrogen-bond acceptors (Lipinski definition) is 3. The van der Waals surface area contributed by atoms with Crippen LogP contribution in [0.1, 0.15) is 103 Å². The molecule has 0 aliphatic rings. The van der Waals surface area contributed by atoms with E-state index >= 15 is 0 Å². The van der Waals surface area contributed by atoms with Crippen molar-refractivity contribution in [2.45, 2.75) is 115 Å². The van der Waals surface area contributed by atoms with Gasteiger partial charge in [-0.2, -0.15) is 0 Å². The lowest BCUT2D eigenvalue weighted by atomic mass is 10.0. The average Bonchev–Trinajstić information content (AvgIpc) is 2.54. The van der Waals surface area contributed by atoms with Gasteiger partial charge in [0, 0.05) is 0 Å². The highest BCUT2D eigenvalue weighted by Crippen LogP contribution is 2.14. The van der Waals surface area contributed by atoms with Gasteiger partial charge in [-0.3, -0.25) is 0 Å². The van der Waals surface area contributed by atoms with Crippen LogP contribution in [0.2, 0.25) is 0 Å². The van der Waals surface area contributed by atoms with Crippen LogP contribution >= 0.6 is 0 Å². The Balaban J connectivity index is 3.08. The van der Waals surface area contributed by atoms with Crippen LogP contribution in [0.4, 0.5) is 0 Å². The summed E-state index contributed by atoms with van der Waals surface area (Å²) in [7, 11) is 0.